The Morgan fingerprint density at radius 1 is 1.21 bits per heavy atom. The molecule has 1 aromatic carbocycles. The summed E-state index contributed by atoms with van der Waals surface area (Å²) in [5.74, 6) is -0.115. The van der Waals surface area contributed by atoms with Gasteiger partial charge in [0.1, 0.15) is 5.76 Å². The summed E-state index contributed by atoms with van der Waals surface area (Å²) in [5.41, 5.74) is 0.438. The van der Waals surface area contributed by atoms with Crippen LogP contribution in [0, 0.1) is 0 Å². The van der Waals surface area contributed by atoms with E-state index in [2.05, 4.69) is 10.6 Å². The molecule has 0 aliphatic carbocycles. The number of rotatable bonds is 9. The quantitative estimate of drug-likeness (QED) is 0.482. The van der Waals surface area contributed by atoms with Gasteiger partial charge in [-0.05, 0) is 42.5 Å². The molecule has 0 saturated heterocycles. The van der Waals surface area contributed by atoms with Gasteiger partial charge in [-0.15, -0.1) is 0 Å². The molecular formula is C18H21N3O6S. The molecule has 0 saturated carbocycles. The average molecular weight is 407 g/mol. The van der Waals surface area contributed by atoms with Gasteiger partial charge in [0.2, 0.25) is 11.8 Å². The lowest BCUT2D eigenvalue weighted by Gasteiger charge is -2.14. The van der Waals surface area contributed by atoms with E-state index >= 15 is 0 Å². The average Bonchev–Trinajstić information content (AvgIpc) is 3.19. The normalized spacial score (nSPS) is 11.7. The molecule has 0 unspecified atom stereocenters. The maximum Gasteiger partial charge on any atom is 0.264 e. The number of hydroxylamine groups is 1. The lowest BCUT2D eigenvalue weighted by Crippen LogP contribution is -2.26. The summed E-state index contributed by atoms with van der Waals surface area (Å²) in [6.07, 6.45) is 4.39. The molecule has 0 fully saturated rings. The summed E-state index contributed by atoms with van der Waals surface area (Å²) in [4.78, 5) is 28.3. The Balaban J connectivity index is 1.79. The summed E-state index contributed by atoms with van der Waals surface area (Å²) in [6.45, 7) is 0.151. The second-order valence-electron chi connectivity index (χ2n) is 5.56. The zero-order valence-corrected chi connectivity index (χ0v) is 16.2. The zero-order chi connectivity index (χ0) is 20.6. The molecule has 10 heteroatoms. The van der Waals surface area contributed by atoms with E-state index in [9.17, 15) is 18.0 Å². The zero-order valence-electron chi connectivity index (χ0n) is 15.4. The topological polar surface area (TPSA) is 118 Å². The molecule has 0 radical (unpaired) electrons. The van der Waals surface area contributed by atoms with E-state index in [1.165, 1.54) is 56.8 Å². The Hall–Kier alpha value is -2.95. The SMILES string of the molecule is CON(C)S(=O)(=O)c1ccc(NC(=O)CCNC(=O)/C=C/c2ccco2)cc1. The number of furan rings is 1. The lowest BCUT2D eigenvalue weighted by atomic mass is 10.3. The van der Waals surface area contributed by atoms with Gasteiger partial charge in [-0.25, -0.2) is 8.42 Å². The van der Waals surface area contributed by atoms with E-state index in [1.807, 2.05) is 0 Å². The second kappa shape index (κ2) is 9.83. The van der Waals surface area contributed by atoms with Crippen molar-refractivity contribution >= 4 is 33.6 Å². The minimum absolute atomic E-state index is 0.0328. The van der Waals surface area contributed by atoms with Gasteiger partial charge in [-0.2, -0.15) is 0 Å². The number of carbonyl (C=O) groups is 2. The van der Waals surface area contributed by atoms with Crippen molar-refractivity contribution < 1.29 is 27.3 Å². The molecule has 0 atom stereocenters. The predicted molar refractivity (Wildman–Crippen MR) is 102 cm³/mol. The van der Waals surface area contributed by atoms with Crippen molar-refractivity contribution in [2.24, 2.45) is 0 Å². The highest BCUT2D eigenvalue weighted by molar-refractivity contribution is 7.89. The van der Waals surface area contributed by atoms with E-state index in [4.69, 9.17) is 9.25 Å². The van der Waals surface area contributed by atoms with Gasteiger partial charge in [0.05, 0.1) is 18.3 Å². The Morgan fingerprint density at radius 3 is 2.54 bits per heavy atom. The molecule has 0 aliphatic heterocycles. The number of nitrogens with one attached hydrogen (secondary N) is 2. The van der Waals surface area contributed by atoms with Gasteiger partial charge in [0.15, 0.2) is 0 Å². The molecule has 1 heterocycles. The number of nitrogens with zero attached hydrogens (tertiary/aromatic N) is 1. The first kappa shape index (κ1) is 21.4. The molecule has 0 aliphatic rings. The van der Waals surface area contributed by atoms with Crippen LogP contribution in [0.3, 0.4) is 0 Å². The van der Waals surface area contributed by atoms with Crippen LogP contribution in [-0.2, 0) is 24.4 Å². The number of benzene rings is 1. The highest BCUT2D eigenvalue weighted by Crippen LogP contribution is 2.17. The van der Waals surface area contributed by atoms with E-state index in [0.717, 1.165) is 4.47 Å². The third-order valence-electron chi connectivity index (χ3n) is 3.62. The first-order valence-corrected chi connectivity index (χ1v) is 9.69. The Labute approximate surface area is 163 Å². The molecule has 2 rings (SSSR count). The van der Waals surface area contributed by atoms with Crippen molar-refractivity contribution in [3.63, 3.8) is 0 Å². The largest absolute Gasteiger partial charge is 0.465 e. The van der Waals surface area contributed by atoms with Crippen LogP contribution in [0.15, 0.2) is 58.1 Å². The fourth-order valence-corrected chi connectivity index (χ4v) is 3.06. The Kier molecular flexibility index (Phi) is 7.50. The van der Waals surface area contributed by atoms with Crippen LogP contribution >= 0.6 is 0 Å². The van der Waals surface area contributed by atoms with Crippen LogP contribution < -0.4 is 10.6 Å². The Morgan fingerprint density at radius 2 is 1.93 bits per heavy atom. The number of amides is 2. The van der Waals surface area contributed by atoms with Crippen LogP contribution in [0.1, 0.15) is 12.2 Å². The first-order valence-electron chi connectivity index (χ1n) is 8.25. The smallest absolute Gasteiger partial charge is 0.264 e. The molecule has 2 aromatic rings. The highest BCUT2D eigenvalue weighted by Gasteiger charge is 2.20. The minimum atomic E-state index is -3.74. The van der Waals surface area contributed by atoms with Crippen molar-refractivity contribution in [2.75, 3.05) is 26.0 Å². The van der Waals surface area contributed by atoms with E-state index in [1.54, 1.807) is 12.1 Å². The van der Waals surface area contributed by atoms with Gasteiger partial charge >= 0.3 is 0 Å². The molecule has 0 bridgehead atoms. The molecule has 28 heavy (non-hydrogen) atoms. The van der Waals surface area contributed by atoms with Gasteiger partial charge < -0.3 is 15.1 Å². The number of carbonyl (C=O) groups excluding carboxylic acids is 2. The number of sulfonamides is 1. The van der Waals surface area contributed by atoms with Gasteiger partial charge in [-0.1, -0.05) is 4.47 Å². The van der Waals surface area contributed by atoms with Crippen molar-refractivity contribution in [2.45, 2.75) is 11.3 Å². The molecule has 2 amide bonds. The van der Waals surface area contributed by atoms with Gasteiger partial charge in [-0.3, -0.25) is 14.4 Å². The van der Waals surface area contributed by atoms with Crippen LogP contribution in [0.5, 0.6) is 0 Å². The molecule has 1 aromatic heterocycles. The third kappa shape index (κ3) is 6.05. The van der Waals surface area contributed by atoms with Crippen molar-refractivity contribution in [1.29, 1.82) is 0 Å². The van der Waals surface area contributed by atoms with Crippen molar-refractivity contribution in [3.05, 3.63) is 54.5 Å². The monoisotopic (exact) mass is 407 g/mol. The summed E-state index contributed by atoms with van der Waals surface area (Å²) in [7, 11) is -1.21. The van der Waals surface area contributed by atoms with Gasteiger partial charge in [0.25, 0.3) is 10.0 Å². The maximum atomic E-state index is 12.1. The molecule has 150 valence electrons. The first-order chi connectivity index (χ1) is 13.3. The number of anilines is 1. The van der Waals surface area contributed by atoms with Gasteiger partial charge in [0, 0.05) is 31.8 Å². The molecule has 2 N–H and O–H groups in total. The second-order valence-corrected chi connectivity index (χ2v) is 7.50. The van der Waals surface area contributed by atoms with E-state index in [0.29, 0.717) is 11.4 Å². The summed E-state index contributed by atoms with van der Waals surface area (Å²) in [6, 6.07) is 9.09. The standard InChI is InChI=1S/C18H21N3O6S/c1-21(26-2)28(24,25)16-8-5-14(6-9-16)20-18(23)11-12-19-17(22)10-7-15-4-3-13-27-15/h3-10,13H,11-12H2,1-2H3,(H,19,22)(H,20,23)/b10-7+. The summed E-state index contributed by atoms with van der Waals surface area (Å²) >= 11 is 0. The summed E-state index contributed by atoms with van der Waals surface area (Å²) < 4.78 is 30.0. The fourth-order valence-electron chi connectivity index (χ4n) is 2.08. The lowest BCUT2D eigenvalue weighted by molar-refractivity contribution is -0.117. The molecule has 0 spiro atoms. The van der Waals surface area contributed by atoms with Crippen molar-refractivity contribution in [3.8, 4) is 0 Å². The number of hydrogen-bond acceptors (Lipinski definition) is 6. The van der Waals surface area contributed by atoms with E-state index < -0.39 is 10.0 Å². The van der Waals surface area contributed by atoms with E-state index in [-0.39, 0.29) is 29.7 Å². The third-order valence-corrected chi connectivity index (χ3v) is 5.32. The van der Waals surface area contributed by atoms with Crippen LogP contribution in [0.25, 0.3) is 6.08 Å². The van der Waals surface area contributed by atoms with Crippen LogP contribution in [0.2, 0.25) is 0 Å². The maximum absolute atomic E-state index is 12.1. The Bertz CT molecular complexity index is 921. The predicted octanol–water partition coefficient (Wildman–Crippen LogP) is 1.62. The van der Waals surface area contributed by atoms with Crippen LogP contribution in [0.4, 0.5) is 5.69 Å². The molecule has 9 nitrogen and oxygen atoms in total. The van der Waals surface area contributed by atoms with Crippen molar-refractivity contribution in [1.82, 2.24) is 9.79 Å². The highest BCUT2D eigenvalue weighted by atomic mass is 32.2. The van der Waals surface area contributed by atoms with Crippen LogP contribution in [-0.4, -0.2) is 45.4 Å². The number of hydrogen-bond donors (Lipinski definition) is 2. The molecular weight excluding hydrogens is 386 g/mol. The minimum Gasteiger partial charge on any atom is -0.465 e. The summed E-state index contributed by atoms with van der Waals surface area (Å²) in [5, 5.41) is 5.21. The fraction of sp³-hybridized carbons (Fsp3) is 0.222.